The largest absolute Gasteiger partial charge is 2.00 e. The molecule has 0 fully saturated rings. The first-order chi connectivity index (χ1) is 14.5. The smallest absolute Gasteiger partial charge is 0.348 e. The molecule has 0 saturated heterocycles. The van der Waals surface area contributed by atoms with Crippen molar-refractivity contribution in [3.8, 4) is 0 Å². The summed E-state index contributed by atoms with van der Waals surface area (Å²) in [5.41, 5.74) is 1.67. The monoisotopic (exact) mass is 507 g/mol. The topological polar surface area (TPSA) is 129 Å². The summed E-state index contributed by atoms with van der Waals surface area (Å²) in [6.07, 6.45) is 3.22. The van der Waals surface area contributed by atoms with E-state index in [1.807, 2.05) is 69.2 Å². The molecule has 11 heteroatoms. The molecule has 185 valence electrons. The van der Waals surface area contributed by atoms with Crippen molar-refractivity contribution in [1.82, 2.24) is 30.1 Å². The first-order valence-corrected chi connectivity index (χ1v) is 10.7. The van der Waals surface area contributed by atoms with Crippen LogP contribution in [0.2, 0.25) is 0 Å². The maximum atomic E-state index is 10.2. The van der Waals surface area contributed by atoms with Crippen LogP contribution in [0.3, 0.4) is 0 Å². The zero-order valence-electron chi connectivity index (χ0n) is 21.0. The molecular formula is C22H36CuN8O2+2. The predicted molar refractivity (Wildman–Crippen MR) is 123 cm³/mol. The molecule has 0 amide bonds. The fourth-order valence-corrected chi connectivity index (χ4v) is 3.42. The Kier molecular flexibility index (Phi) is 7.00. The van der Waals surface area contributed by atoms with Crippen LogP contribution in [0, 0.1) is 13.8 Å². The number of amidine groups is 2. The minimum Gasteiger partial charge on any atom is -0.348 e. The number of rotatable bonds is 2. The van der Waals surface area contributed by atoms with Gasteiger partial charge < -0.3 is 9.97 Å². The number of nitrogens with zero attached hydrogens (tertiary/aromatic N) is 6. The Labute approximate surface area is 206 Å². The van der Waals surface area contributed by atoms with Gasteiger partial charge in [-0.25, -0.2) is 20.1 Å². The van der Waals surface area contributed by atoms with Crippen molar-refractivity contribution < 1.29 is 27.5 Å². The van der Waals surface area contributed by atoms with Crippen LogP contribution in [-0.4, -0.2) is 74.3 Å². The third kappa shape index (κ3) is 4.23. The second-order valence-electron chi connectivity index (χ2n) is 10.5. The van der Waals surface area contributed by atoms with Gasteiger partial charge in [0.25, 0.3) is 0 Å². The number of aromatic nitrogens is 4. The average Bonchev–Trinajstić information content (AvgIpc) is 3.37. The van der Waals surface area contributed by atoms with Gasteiger partial charge in [-0.3, -0.25) is 20.4 Å². The molecule has 4 rings (SSSR count). The molecule has 10 nitrogen and oxygen atoms in total. The predicted octanol–water partition coefficient (Wildman–Crippen LogP) is 3.45. The molecule has 2 aromatic heterocycles. The fourth-order valence-electron chi connectivity index (χ4n) is 3.42. The molecule has 0 unspecified atom stereocenters. The molecule has 0 atom stereocenters. The molecule has 0 spiro atoms. The quantitative estimate of drug-likeness (QED) is 0.461. The van der Waals surface area contributed by atoms with Crippen LogP contribution in [0.25, 0.3) is 0 Å². The van der Waals surface area contributed by atoms with Crippen molar-refractivity contribution in [1.29, 1.82) is 0 Å². The van der Waals surface area contributed by atoms with Gasteiger partial charge in [0, 0.05) is 11.4 Å². The van der Waals surface area contributed by atoms with E-state index in [1.54, 1.807) is 12.7 Å². The van der Waals surface area contributed by atoms with Crippen molar-refractivity contribution in [2.24, 2.45) is 9.98 Å². The third-order valence-electron chi connectivity index (χ3n) is 7.31. The van der Waals surface area contributed by atoms with Crippen LogP contribution in [0.5, 0.6) is 0 Å². The number of hydrogen-bond acceptors (Lipinski definition) is 8. The molecule has 2 aromatic rings. The summed E-state index contributed by atoms with van der Waals surface area (Å²) in [5.74, 6) is 1.07. The van der Waals surface area contributed by atoms with Crippen LogP contribution < -0.4 is 0 Å². The normalized spacial score (nSPS) is 21.7. The van der Waals surface area contributed by atoms with Gasteiger partial charge in [0.05, 0.1) is 34.8 Å². The average molecular weight is 508 g/mol. The summed E-state index contributed by atoms with van der Waals surface area (Å²) < 4.78 is 0. The van der Waals surface area contributed by atoms with Crippen molar-refractivity contribution in [2.75, 3.05) is 0 Å². The molecule has 4 heterocycles. The summed E-state index contributed by atoms with van der Waals surface area (Å²) in [4.78, 5) is 23.5. The van der Waals surface area contributed by atoms with Crippen LogP contribution in [0.4, 0.5) is 0 Å². The number of aromatic amines is 2. The van der Waals surface area contributed by atoms with Crippen molar-refractivity contribution in [2.45, 2.75) is 91.4 Å². The Morgan fingerprint density at radius 2 is 0.970 bits per heavy atom. The molecule has 1 radical (unpaired) electrons. The molecule has 0 aromatic carbocycles. The second-order valence-corrected chi connectivity index (χ2v) is 10.5. The zero-order valence-corrected chi connectivity index (χ0v) is 22.0. The van der Waals surface area contributed by atoms with E-state index in [2.05, 4.69) is 29.9 Å². The van der Waals surface area contributed by atoms with Crippen molar-refractivity contribution >= 4 is 11.7 Å². The van der Waals surface area contributed by atoms with Gasteiger partial charge in [-0.2, -0.15) is 0 Å². The van der Waals surface area contributed by atoms with E-state index in [0.29, 0.717) is 23.1 Å². The minimum atomic E-state index is -0.437. The first-order valence-electron chi connectivity index (χ1n) is 10.7. The van der Waals surface area contributed by atoms with E-state index in [4.69, 9.17) is 0 Å². The Morgan fingerprint density at radius 3 is 1.15 bits per heavy atom. The Hall–Kier alpha value is -2.20. The van der Waals surface area contributed by atoms with Gasteiger partial charge in [0.2, 0.25) is 0 Å². The molecule has 4 N–H and O–H groups in total. The van der Waals surface area contributed by atoms with E-state index in [1.165, 1.54) is 10.1 Å². The summed E-state index contributed by atoms with van der Waals surface area (Å²) in [6.45, 7) is 19.7. The Morgan fingerprint density at radius 1 is 0.667 bits per heavy atom. The summed E-state index contributed by atoms with van der Waals surface area (Å²) in [7, 11) is 0. The molecular weight excluding hydrogens is 472 g/mol. The van der Waals surface area contributed by atoms with Gasteiger partial charge in [-0.15, -0.1) is 0 Å². The third-order valence-corrected chi connectivity index (χ3v) is 7.31. The van der Waals surface area contributed by atoms with Gasteiger partial charge in [0.15, 0.2) is 11.7 Å². The first kappa shape index (κ1) is 27.0. The number of aliphatic imine (C=N–C) groups is 2. The maximum absolute atomic E-state index is 10.2. The summed E-state index contributed by atoms with van der Waals surface area (Å²) in [5, 5.41) is 22.8. The number of aryl methyl sites for hydroxylation is 2. The van der Waals surface area contributed by atoms with Gasteiger partial charge in [-0.05, 0) is 69.2 Å². The van der Waals surface area contributed by atoms with E-state index in [-0.39, 0.29) is 28.1 Å². The van der Waals surface area contributed by atoms with E-state index >= 15 is 0 Å². The SMILES string of the molecule is Cc1[nH]cnc1C1=NC(C)(C)C(C)(C)N1O.Cc1[nH]cnc1C1=NC(C)(C)C(C)(C)N1O.[Cu+2]. The van der Waals surface area contributed by atoms with E-state index in [0.717, 1.165) is 11.4 Å². The number of hydrogen-bond donors (Lipinski definition) is 4. The fraction of sp³-hybridized carbons (Fsp3) is 0.636. The number of nitrogens with one attached hydrogen (secondary N) is 2. The molecule has 0 aliphatic carbocycles. The van der Waals surface area contributed by atoms with Crippen LogP contribution in [-0.2, 0) is 17.1 Å². The number of H-pyrrole nitrogens is 2. The van der Waals surface area contributed by atoms with Gasteiger partial charge >= 0.3 is 17.1 Å². The Balaban J connectivity index is 0.000000227. The molecule has 2 aliphatic rings. The standard InChI is InChI=1S/2C11H18N4O.Cu/c2*1-7-8(13-6-12-7)9-14-10(2,3)11(4,5)15(9)16;/h2*6,16H,1-5H3,(H,12,13);/q;;+2. The molecule has 2 aliphatic heterocycles. The van der Waals surface area contributed by atoms with Crippen molar-refractivity contribution in [3.63, 3.8) is 0 Å². The number of hydroxylamine groups is 4. The van der Waals surface area contributed by atoms with Gasteiger partial charge in [0.1, 0.15) is 11.4 Å². The van der Waals surface area contributed by atoms with Gasteiger partial charge in [-0.1, -0.05) is 0 Å². The minimum absolute atomic E-state index is 0. The van der Waals surface area contributed by atoms with Crippen LogP contribution in [0.15, 0.2) is 22.6 Å². The number of imidazole rings is 2. The molecule has 33 heavy (non-hydrogen) atoms. The molecule has 0 bridgehead atoms. The maximum Gasteiger partial charge on any atom is 2.00 e. The van der Waals surface area contributed by atoms with Crippen LogP contribution >= 0.6 is 0 Å². The van der Waals surface area contributed by atoms with Crippen LogP contribution in [0.1, 0.15) is 78.2 Å². The molecule has 0 saturated carbocycles. The van der Waals surface area contributed by atoms with Crippen molar-refractivity contribution in [3.05, 3.63) is 35.4 Å². The van der Waals surface area contributed by atoms with E-state index < -0.39 is 11.1 Å². The summed E-state index contributed by atoms with van der Waals surface area (Å²) in [6, 6.07) is 0. The van der Waals surface area contributed by atoms with E-state index in [9.17, 15) is 10.4 Å². The second kappa shape index (κ2) is 8.54. The zero-order chi connectivity index (χ0) is 24.3. The Bertz CT molecular complexity index is 980. The summed E-state index contributed by atoms with van der Waals surface area (Å²) >= 11 is 0.